The maximum Gasteiger partial charge on any atom is 0.342 e. The summed E-state index contributed by atoms with van der Waals surface area (Å²) < 4.78 is 15.6. The van der Waals surface area contributed by atoms with Gasteiger partial charge in [0.1, 0.15) is 17.1 Å². The van der Waals surface area contributed by atoms with Gasteiger partial charge < -0.3 is 19.1 Å². The Morgan fingerprint density at radius 3 is 2.28 bits per heavy atom. The van der Waals surface area contributed by atoms with E-state index in [9.17, 15) is 9.59 Å². The largest absolute Gasteiger partial charge is 0.497 e. The highest BCUT2D eigenvalue weighted by atomic mass is 16.5. The van der Waals surface area contributed by atoms with Gasteiger partial charge in [-0.1, -0.05) is 18.2 Å². The Balaban J connectivity index is 2.10. The van der Waals surface area contributed by atoms with Crippen LogP contribution < -0.4 is 14.4 Å². The zero-order chi connectivity index (χ0) is 18.4. The number of nitrogens with zero attached hydrogens (tertiary/aromatic N) is 1. The Morgan fingerprint density at radius 1 is 1.00 bits per heavy atom. The minimum absolute atomic E-state index is 0.227. The number of methoxy groups -OCH3 is 2. The number of benzene rings is 2. The van der Waals surface area contributed by atoms with Gasteiger partial charge in [0.05, 0.1) is 14.2 Å². The molecule has 0 aliphatic carbocycles. The number of carbonyl (C=O) groups is 2. The zero-order valence-electron chi connectivity index (χ0n) is 14.7. The fraction of sp³-hybridized carbons (Fsp3) is 0.263. The number of hydrogen-bond donors (Lipinski definition) is 0. The van der Waals surface area contributed by atoms with E-state index < -0.39 is 12.1 Å². The summed E-state index contributed by atoms with van der Waals surface area (Å²) in [7, 11) is 4.60. The van der Waals surface area contributed by atoms with Crippen molar-refractivity contribution >= 4 is 17.6 Å². The molecule has 0 radical (unpaired) electrons. The first kappa shape index (κ1) is 18.3. The first-order valence-corrected chi connectivity index (χ1v) is 7.73. The second-order valence-electron chi connectivity index (χ2n) is 5.35. The molecule has 2 rings (SSSR count). The lowest BCUT2D eigenvalue weighted by Gasteiger charge is -2.21. The summed E-state index contributed by atoms with van der Waals surface area (Å²) in [6, 6.07) is 13.9. The summed E-state index contributed by atoms with van der Waals surface area (Å²) in [5.74, 6) is -0.0874. The maximum atomic E-state index is 12.5. The Bertz CT molecular complexity index is 745. The Hall–Kier alpha value is -3.02. The molecule has 6 nitrogen and oxygen atoms in total. The fourth-order valence-corrected chi connectivity index (χ4v) is 2.29. The lowest BCUT2D eigenvalue weighted by Crippen LogP contribution is -2.37. The first-order chi connectivity index (χ1) is 12.0. The molecule has 2 aromatic rings. The van der Waals surface area contributed by atoms with Crippen molar-refractivity contribution in [1.29, 1.82) is 0 Å². The topological polar surface area (TPSA) is 65.1 Å². The molecule has 0 saturated carbocycles. The van der Waals surface area contributed by atoms with Crippen molar-refractivity contribution in [2.45, 2.75) is 13.0 Å². The molecular weight excluding hydrogens is 322 g/mol. The van der Waals surface area contributed by atoms with Gasteiger partial charge in [-0.25, -0.2) is 4.79 Å². The molecule has 0 saturated heterocycles. The van der Waals surface area contributed by atoms with Gasteiger partial charge in [0.15, 0.2) is 6.10 Å². The summed E-state index contributed by atoms with van der Waals surface area (Å²) >= 11 is 0. The third-order valence-corrected chi connectivity index (χ3v) is 3.73. The maximum absolute atomic E-state index is 12.5. The number of ether oxygens (including phenoxy) is 3. The van der Waals surface area contributed by atoms with Gasteiger partial charge in [-0.2, -0.15) is 0 Å². The monoisotopic (exact) mass is 343 g/mol. The third-order valence-electron chi connectivity index (χ3n) is 3.73. The van der Waals surface area contributed by atoms with E-state index in [0.717, 1.165) is 5.69 Å². The predicted molar refractivity (Wildman–Crippen MR) is 94.3 cm³/mol. The minimum atomic E-state index is -0.940. The number of amides is 1. The van der Waals surface area contributed by atoms with Gasteiger partial charge in [0.25, 0.3) is 5.91 Å². The molecular formula is C19H21NO5. The number of para-hydroxylation sites is 1. The predicted octanol–water partition coefficient (Wildman–Crippen LogP) is 2.91. The molecule has 0 heterocycles. The Labute approximate surface area is 146 Å². The lowest BCUT2D eigenvalue weighted by molar-refractivity contribution is -0.126. The summed E-state index contributed by atoms with van der Waals surface area (Å²) in [6.45, 7) is 1.54. The minimum Gasteiger partial charge on any atom is -0.497 e. The molecule has 1 unspecified atom stereocenters. The van der Waals surface area contributed by atoms with Crippen molar-refractivity contribution < 1.29 is 23.8 Å². The van der Waals surface area contributed by atoms with Crippen molar-refractivity contribution in [2.75, 3.05) is 26.2 Å². The van der Waals surface area contributed by atoms with Crippen molar-refractivity contribution in [1.82, 2.24) is 0 Å². The van der Waals surface area contributed by atoms with Gasteiger partial charge in [-0.3, -0.25) is 4.79 Å². The number of anilines is 1. The number of rotatable bonds is 6. The highest BCUT2D eigenvalue weighted by molar-refractivity contribution is 5.99. The van der Waals surface area contributed by atoms with Crippen LogP contribution in [-0.2, 0) is 9.53 Å². The smallest absolute Gasteiger partial charge is 0.342 e. The van der Waals surface area contributed by atoms with E-state index in [2.05, 4.69) is 0 Å². The van der Waals surface area contributed by atoms with Gasteiger partial charge in [-0.05, 0) is 31.2 Å². The van der Waals surface area contributed by atoms with E-state index in [4.69, 9.17) is 14.2 Å². The lowest BCUT2D eigenvalue weighted by atomic mass is 10.2. The third kappa shape index (κ3) is 4.29. The van der Waals surface area contributed by atoms with E-state index in [1.54, 1.807) is 31.3 Å². The van der Waals surface area contributed by atoms with Gasteiger partial charge >= 0.3 is 5.97 Å². The summed E-state index contributed by atoms with van der Waals surface area (Å²) in [5, 5.41) is 0. The molecule has 6 heteroatoms. The quantitative estimate of drug-likeness (QED) is 0.755. The van der Waals surface area contributed by atoms with Crippen LogP contribution in [0.15, 0.2) is 48.5 Å². The van der Waals surface area contributed by atoms with E-state index >= 15 is 0 Å². The van der Waals surface area contributed by atoms with Crippen LogP contribution in [0.2, 0.25) is 0 Å². The summed E-state index contributed by atoms with van der Waals surface area (Å²) in [5.41, 5.74) is 0.947. The van der Waals surface area contributed by atoms with Crippen molar-refractivity contribution in [2.24, 2.45) is 0 Å². The first-order valence-electron chi connectivity index (χ1n) is 7.73. The average molecular weight is 343 g/mol. The Morgan fingerprint density at radius 2 is 1.68 bits per heavy atom. The van der Waals surface area contributed by atoms with Crippen molar-refractivity contribution in [3.63, 3.8) is 0 Å². The van der Waals surface area contributed by atoms with Crippen LogP contribution in [0.1, 0.15) is 17.3 Å². The van der Waals surface area contributed by atoms with Crippen molar-refractivity contribution in [3.8, 4) is 11.5 Å². The molecule has 2 aromatic carbocycles. The van der Waals surface area contributed by atoms with Crippen LogP contribution in [-0.4, -0.2) is 39.2 Å². The number of likely N-dealkylation sites (N-methyl/N-ethyl adjacent to an activating group) is 1. The van der Waals surface area contributed by atoms with E-state index in [1.807, 2.05) is 18.2 Å². The SMILES string of the molecule is COc1ccc(C(=O)OC(C)C(=O)N(C)c2ccccc2)c(OC)c1. The summed E-state index contributed by atoms with van der Waals surface area (Å²) in [4.78, 5) is 26.3. The normalized spacial score (nSPS) is 11.4. The van der Waals surface area contributed by atoms with E-state index in [1.165, 1.54) is 32.1 Å². The molecule has 0 bridgehead atoms. The molecule has 0 aliphatic rings. The average Bonchev–Trinajstić information content (AvgIpc) is 2.66. The van der Waals surface area contributed by atoms with Gasteiger partial charge in [0, 0.05) is 18.8 Å². The molecule has 0 aromatic heterocycles. The van der Waals surface area contributed by atoms with Crippen LogP contribution in [0.4, 0.5) is 5.69 Å². The molecule has 1 amide bonds. The number of hydrogen-bond acceptors (Lipinski definition) is 5. The molecule has 0 fully saturated rings. The standard InChI is InChI=1S/C19H21NO5/c1-13(18(21)20(2)14-8-6-5-7-9-14)25-19(22)16-11-10-15(23-3)12-17(16)24-4/h5-13H,1-4H3. The number of carbonyl (C=O) groups excluding carboxylic acids is 2. The fourth-order valence-electron chi connectivity index (χ4n) is 2.29. The van der Waals surface area contributed by atoms with Crippen LogP contribution in [0, 0.1) is 0 Å². The number of esters is 1. The second-order valence-corrected chi connectivity index (χ2v) is 5.35. The van der Waals surface area contributed by atoms with Crippen LogP contribution >= 0.6 is 0 Å². The van der Waals surface area contributed by atoms with Crippen LogP contribution in [0.3, 0.4) is 0 Å². The molecule has 0 N–H and O–H groups in total. The molecule has 132 valence electrons. The van der Waals surface area contributed by atoms with E-state index in [-0.39, 0.29) is 11.5 Å². The second kappa shape index (κ2) is 8.19. The summed E-state index contributed by atoms with van der Waals surface area (Å²) in [6.07, 6.45) is -0.940. The highest BCUT2D eigenvalue weighted by Gasteiger charge is 2.24. The molecule has 0 aliphatic heterocycles. The molecule has 1 atom stereocenters. The Kier molecular flexibility index (Phi) is 6.00. The van der Waals surface area contributed by atoms with Gasteiger partial charge in [-0.15, -0.1) is 0 Å². The highest BCUT2D eigenvalue weighted by Crippen LogP contribution is 2.25. The van der Waals surface area contributed by atoms with Crippen LogP contribution in [0.25, 0.3) is 0 Å². The molecule has 0 spiro atoms. The molecule has 25 heavy (non-hydrogen) atoms. The van der Waals surface area contributed by atoms with Crippen molar-refractivity contribution in [3.05, 3.63) is 54.1 Å². The van der Waals surface area contributed by atoms with Gasteiger partial charge in [0.2, 0.25) is 0 Å². The zero-order valence-corrected chi connectivity index (χ0v) is 14.7. The van der Waals surface area contributed by atoms with Crippen LogP contribution in [0.5, 0.6) is 11.5 Å². The van der Waals surface area contributed by atoms with E-state index in [0.29, 0.717) is 11.5 Å².